The number of methoxy groups -OCH3 is 2. The van der Waals surface area contributed by atoms with Gasteiger partial charge >= 0.3 is 5.97 Å². The molecule has 0 aromatic heterocycles. The highest BCUT2D eigenvalue weighted by Gasteiger charge is 2.28. The van der Waals surface area contributed by atoms with Gasteiger partial charge in [0.2, 0.25) is 0 Å². The largest absolute Gasteiger partial charge is 0.496 e. The Morgan fingerprint density at radius 1 is 1.41 bits per heavy atom. The summed E-state index contributed by atoms with van der Waals surface area (Å²) in [5.41, 5.74) is 2.01. The topological polar surface area (TPSA) is 44.8 Å². The van der Waals surface area contributed by atoms with E-state index in [0.717, 1.165) is 22.6 Å². The Kier molecular flexibility index (Phi) is 3.22. The Morgan fingerprint density at radius 2 is 2.18 bits per heavy atom. The van der Waals surface area contributed by atoms with Crippen LogP contribution in [0.1, 0.15) is 11.1 Å². The molecule has 1 heterocycles. The number of hydrogen-bond donors (Lipinski definition) is 0. The van der Waals surface area contributed by atoms with Gasteiger partial charge in [-0.05, 0) is 25.0 Å². The summed E-state index contributed by atoms with van der Waals surface area (Å²) in [7, 11) is 3.03. The SMILES string of the molecule is COC(=O)C1COc2c(ccc(OC)c2C)C1. The van der Waals surface area contributed by atoms with Gasteiger partial charge in [0.25, 0.3) is 0 Å². The Labute approximate surface area is 100 Å². The van der Waals surface area contributed by atoms with Gasteiger partial charge in [-0.25, -0.2) is 0 Å². The van der Waals surface area contributed by atoms with Gasteiger partial charge in [0.05, 0.1) is 20.1 Å². The third-order valence-electron chi connectivity index (χ3n) is 3.09. The highest BCUT2D eigenvalue weighted by molar-refractivity contribution is 5.73. The minimum atomic E-state index is -0.218. The van der Waals surface area contributed by atoms with Crippen molar-refractivity contribution in [2.24, 2.45) is 5.92 Å². The second-order valence-corrected chi connectivity index (χ2v) is 4.12. The van der Waals surface area contributed by atoms with E-state index in [-0.39, 0.29) is 11.9 Å². The van der Waals surface area contributed by atoms with E-state index in [9.17, 15) is 4.79 Å². The molecule has 0 amide bonds. The molecule has 0 saturated heterocycles. The maximum Gasteiger partial charge on any atom is 0.312 e. The molecule has 0 bridgehead atoms. The summed E-state index contributed by atoms with van der Waals surface area (Å²) in [6, 6.07) is 3.84. The van der Waals surface area contributed by atoms with Crippen molar-refractivity contribution < 1.29 is 19.0 Å². The molecule has 1 aromatic rings. The van der Waals surface area contributed by atoms with E-state index in [1.165, 1.54) is 7.11 Å². The van der Waals surface area contributed by atoms with Crippen LogP contribution in [-0.2, 0) is 16.0 Å². The van der Waals surface area contributed by atoms with E-state index in [4.69, 9.17) is 14.2 Å². The summed E-state index contributed by atoms with van der Waals surface area (Å²) < 4.78 is 15.6. The molecule has 1 aliphatic heterocycles. The van der Waals surface area contributed by atoms with Gasteiger partial charge < -0.3 is 14.2 Å². The first kappa shape index (κ1) is 11.8. The standard InChI is InChI=1S/C13H16O4/c1-8-11(15-2)5-4-9-6-10(13(14)16-3)7-17-12(8)9/h4-5,10H,6-7H2,1-3H3. The average molecular weight is 236 g/mol. The molecule has 1 aromatic carbocycles. The van der Waals surface area contributed by atoms with Crippen molar-refractivity contribution in [1.29, 1.82) is 0 Å². The normalized spacial score (nSPS) is 17.9. The van der Waals surface area contributed by atoms with Gasteiger partial charge in [-0.2, -0.15) is 0 Å². The van der Waals surface area contributed by atoms with E-state index < -0.39 is 0 Å². The summed E-state index contributed by atoms with van der Waals surface area (Å²) in [6.45, 7) is 2.32. The maximum atomic E-state index is 11.5. The molecular weight excluding hydrogens is 220 g/mol. The van der Waals surface area contributed by atoms with Gasteiger partial charge in [0, 0.05) is 5.56 Å². The number of hydrogen-bond acceptors (Lipinski definition) is 4. The number of ether oxygens (including phenoxy) is 3. The molecule has 0 spiro atoms. The number of rotatable bonds is 2. The Hall–Kier alpha value is -1.71. The summed E-state index contributed by atoms with van der Waals surface area (Å²) in [4.78, 5) is 11.5. The number of esters is 1. The molecule has 1 unspecified atom stereocenters. The van der Waals surface area contributed by atoms with Crippen LogP contribution in [0.5, 0.6) is 11.5 Å². The lowest BCUT2D eigenvalue weighted by Gasteiger charge is -2.25. The number of benzene rings is 1. The Morgan fingerprint density at radius 3 is 2.82 bits per heavy atom. The molecule has 1 atom stereocenters. The van der Waals surface area contributed by atoms with Crippen LogP contribution in [0.15, 0.2) is 12.1 Å². The van der Waals surface area contributed by atoms with Crippen LogP contribution in [0.2, 0.25) is 0 Å². The van der Waals surface area contributed by atoms with Crippen LogP contribution in [-0.4, -0.2) is 26.8 Å². The summed E-state index contributed by atoms with van der Waals surface area (Å²) in [5.74, 6) is 1.22. The number of fused-ring (bicyclic) bond motifs is 1. The van der Waals surface area contributed by atoms with E-state index in [2.05, 4.69) is 0 Å². The van der Waals surface area contributed by atoms with Gasteiger partial charge in [0.1, 0.15) is 18.1 Å². The molecule has 4 heteroatoms. The summed E-state index contributed by atoms with van der Waals surface area (Å²) >= 11 is 0. The summed E-state index contributed by atoms with van der Waals surface area (Å²) in [6.07, 6.45) is 0.660. The highest BCUT2D eigenvalue weighted by Crippen LogP contribution is 2.36. The lowest BCUT2D eigenvalue weighted by molar-refractivity contribution is -0.146. The first-order valence-electron chi connectivity index (χ1n) is 5.54. The zero-order chi connectivity index (χ0) is 12.4. The second-order valence-electron chi connectivity index (χ2n) is 4.12. The van der Waals surface area contributed by atoms with Crippen molar-refractivity contribution in [2.75, 3.05) is 20.8 Å². The van der Waals surface area contributed by atoms with Crippen LogP contribution >= 0.6 is 0 Å². The molecule has 4 nitrogen and oxygen atoms in total. The van der Waals surface area contributed by atoms with Crippen molar-refractivity contribution in [2.45, 2.75) is 13.3 Å². The number of carbonyl (C=O) groups is 1. The van der Waals surface area contributed by atoms with Crippen molar-refractivity contribution in [3.63, 3.8) is 0 Å². The predicted octanol–water partition coefficient (Wildman–Crippen LogP) is 1.73. The lowest BCUT2D eigenvalue weighted by atomic mass is 9.95. The fourth-order valence-electron chi connectivity index (χ4n) is 2.14. The van der Waals surface area contributed by atoms with Crippen molar-refractivity contribution in [3.8, 4) is 11.5 Å². The van der Waals surface area contributed by atoms with Gasteiger partial charge in [-0.3, -0.25) is 4.79 Å². The van der Waals surface area contributed by atoms with Crippen LogP contribution in [0.25, 0.3) is 0 Å². The van der Waals surface area contributed by atoms with Crippen molar-refractivity contribution in [3.05, 3.63) is 23.3 Å². The fourth-order valence-corrected chi connectivity index (χ4v) is 2.14. The molecule has 1 aliphatic rings. The van der Waals surface area contributed by atoms with E-state index in [1.54, 1.807) is 7.11 Å². The molecule has 0 radical (unpaired) electrons. The van der Waals surface area contributed by atoms with E-state index in [1.807, 2.05) is 19.1 Å². The highest BCUT2D eigenvalue weighted by atomic mass is 16.5. The van der Waals surface area contributed by atoms with Crippen LogP contribution < -0.4 is 9.47 Å². The molecule has 17 heavy (non-hydrogen) atoms. The average Bonchev–Trinajstić information content (AvgIpc) is 2.38. The first-order valence-corrected chi connectivity index (χ1v) is 5.54. The van der Waals surface area contributed by atoms with Crippen LogP contribution in [0, 0.1) is 12.8 Å². The predicted molar refractivity (Wildman–Crippen MR) is 62.4 cm³/mol. The van der Waals surface area contributed by atoms with E-state index >= 15 is 0 Å². The molecule has 0 fully saturated rings. The zero-order valence-electron chi connectivity index (χ0n) is 10.3. The Bertz CT molecular complexity index is 439. The number of carbonyl (C=O) groups excluding carboxylic acids is 1. The fraction of sp³-hybridized carbons (Fsp3) is 0.462. The van der Waals surface area contributed by atoms with Crippen molar-refractivity contribution in [1.82, 2.24) is 0 Å². The van der Waals surface area contributed by atoms with Gasteiger partial charge in [0.15, 0.2) is 0 Å². The monoisotopic (exact) mass is 236 g/mol. The lowest BCUT2D eigenvalue weighted by Crippen LogP contribution is -2.29. The minimum Gasteiger partial charge on any atom is -0.496 e. The minimum absolute atomic E-state index is 0.208. The molecule has 2 rings (SSSR count). The third kappa shape index (κ3) is 2.07. The Balaban J connectivity index is 2.28. The molecule has 92 valence electrons. The molecule has 0 saturated carbocycles. The van der Waals surface area contributed by atoms with Crippen LogP contribution in [0.3, 0.4) is 0 Å². The smallest absolute Gasteiger partial charge is 0.312 e. The molecular formula is C13H16O4. The maximum absolute atomic E-state index is 11.5. The quantitative estimate of drug-likeness (QED) is 0.733. The first-order chi connectivity index (χ1) is 8.17. The van der Waals surface area contributed by atoms with Crippen LogP contribution in [0.4, 0.5) is 0 Å². The molecule has 0 N–H and O–H groups in total. The van der Waals surface area contributed by atoms with Gasteiger partial charge in [-0.1, -0.05) is 6.07 Å². The third-order valence-corrected chi connectivity index (χ3v) is 3.09. The van der Waals surface area contributed by atoms with E-state index in [0.29, 0.717) is 13.0 Å². The molecule has 0 aliphatic carbocycles. The van der Waals surface area contributed by atoms with Crippen molar-refractivity contribution >= 4 is 5.97 Å². The summed E-state index contributed by atoms with van der Waals surface area (Å²) in [5, 5.41) is 0. The van der Waals surface area contributed by atoms with Gasteiger partial charge in [-0.15, -0.1) is 0 Å². The zero-order valence-corrected chi connectivity index (χ0v) is 10.3. The second kappa shape index (κ2) is 4.65.